The highest BCUT2D eigenvalue weighted by molar-refractivity contribution is 5.95. The fourth-order valence-corrected chi connectivity index (χ4v) is 2.79. The zero-order valence-corrected chi connectivity index (χ0v) is 16.4. The molecule has 0 spiro atoms. The Hall–Kier alpha value is -2.61. The van der Waals surface area contributed by atoms with Gasteiger partial charge in [-0.2, -0.15) is 0 Å². The first-order valence-corrected chi connectivity index (χ1v) is 9.49. The van der Waals surface area contributed by atoms with E-state index in [1.807, 2.05) is 13.8 Å². The van der Waals surface area contributed by atoms with E-state index in [9.17, 15) is 19.5 Å². The van der Waals surface area contributed by atoms with Crippen LogP contribution in [0.5, 0.6) is 5.75 Å². The highest BCUT2D eigenvalue weighted by atomic mass is 16.6. The fraction of sp³-hybridized carbons (Fsp3) is 0.550. The number of carbonyl (C=O) groups is 3. The van der Waals surface area contributed by atoms with Crippen molar-refractivity contribution in [2.75, 3.05) is 13.2 Å². The van der Waals surface area contributed by atoms with Crippen molar-refractivity contribution in [3.05, 3.63) is 29.8 Å². The smallest absolute Gasteiger partial charge is 0.338 e. The Labute approximate surface area is 164 Å². The molecule has 8 heteroatoms. The molecule has 0 unspecified atom stereocenters. The zero-order chi connectivity index (χ0) is 20.7. The average Bonchev–Trinajstić information content (AvgIpc) is 3.43. The van der Waals surface area contributed by atoms with Gasteiger partial charge in [-0.05, 0) is 43.4 Å². The molecule has 2 rings (SSSR count). The third-order valence-electron chi connectivity index (χ3n) is 4.26. The third kappa shape index (κ3) is 6.53. The van der Waals surface area contributed by atoms with E-state index in [0.717, 1.165) is 5.56 Å². The average molecular weight is 392 g/mol. The lowest BCUT2D eigenvalue weighted by molar-refractivity contribution is -0.144. The summed E-state index contributed by atoms with van der Waals surface area (Å²) in [6.07, 6.45) is -0.728. The number of amides is 2. The number of ether oxygens (including phenoxy) is 2. The van der Waals surface area contributed by atoms with E-state index >= 15 is 0 Å². The first-order chi connectivity index (χ1) is 13.3. The first-order valence-electron chi connectivity index (χ1n) is 9.49. The van der Waals surface area contributed by atoms with Gasteiger partial charge in [0.15, 0.2) is 12.2 Å². The van der Waals surface area contributed by atoms with Gasteiger partial charge in [0, 0.05) is 6.54 Å². The second kappa shape index (κ2) is 10.1. The van der Waals surface area contributed by atoms with Gasteiger partial charge >= 0.3 is 5.97 Å². The molecule has 0 saturated carbocycles. The number of esters is 1. The number of epoxide rings is 1. The SMILES string of the molecule is CCOC(=O)[C@H]1O[C@@H]1C(=O)N[C@@H](CC(C)C)C(=O)NCCc1ccc(O)cc1. The van der Waals surface area contributed by atoms with Gasteiger partial charge in [-0.1, -0.05) is 26.0 Å². The number of hydrogen-bond donors (Lipinski definition) is 3. The van der Waals surface area contributed by atoms with E-state index in [-0.39, 0.29) is 24.2 Å². The van der Waals surface area contributed by atoms with Gasteiger partial charge in [0.25, 0.3) is 5.91 Å². The molecule has 1 aromatic carbocycles. The Kier molecular flexibility index (Phi) is 7.80. The summed E-state index contributed by atoms with van der Waals surface area (Å²) in [4.78, 5) is 36.4. The summed E-state index contributed by atoms with van der Waals surface area (Å²) >= 11 is 0. The standard InChI is InChI=1S/C20H28N2O6/c1-4-27-20(26)17-16(28-17)19(25)22-15(11-12(2)3)18(24)21-10-9-13-5-7-14(23)8-6-13/h5-8,12,15-17,23H,4,9-11H2,1-3H3,(H,21,24)(H,22,25)/t15-,16-,17-/m0/s1. The molecule has 0 aliphatic carbocycles. The summed E-state index contributed by atoms with van der Waals surface area (Å²) in [6.45, 7) is 6.21. The quantitative estimate of drug-likeness (QED) is 0.403. The van der Waals surface area contributed by atoms with Crippen molar-refractivity contribution in [3.8, 4) is 5.75 Å². The molecule has 1 aliphatic heterocycles. The lowest BCUT2D eigenvalue weighted by Crippen LogP contribution is -2.49. The molecule has 2 amide bonds. The number of phenols is 1. The lowest BCUT2D eigenvalue weighted by atomic mass is 10.0. The van der Waals surface area contributed by atoms with Crippen LogP contribution >= 0.6 is 0 Å². The van der Waals surface area contributed by atoms with E-state index in [2.05, 4.69) is 10.6 Å². The Bertz CT molecular complexity index is 688. The third-order valence-corrected chi connectivity index (χ3v) is 4.26. The molecule has 28 heavy (non-hydrogen) atoms. The molecule has 154 valence electrons. The van der Waals surface area contributed by atoms with Crippen LogP contribution in [-0.4, -0.2) is 54.3 Å². The van der Waals surface area contributed by atoms with Crippen molar-refractivity contribution < 1.29 is 29.0 Å². The second-order valence-electron chi connectivity index (χ2n) is 7.13. The number of hydrogen-bond acceptors (Lipinski definition) is 6. The molecule has 0 radical (unpaired) electrons. The molecule has 0 bridgehead atoms. The Morgan fingerprint density at radius 3 is 2.46 bits per heavy atom. The number of benzene rings is 1. The van der Waals surface area contributed by atoms with Crippen LogP contribution in [0.25, 0.3) is 0 Å². The number of nitrogens with one attached hydrogen (secondary N) is 2. The van der Waals surface area contributed by atoms with E-state index in [4.69, 9.17) is 9.47 Å². The second-order valence-corrected chi connectivity index (χ2v) is 7.13. The summed E-state index contributed by atoms with van der Waals surface area (Å²) in [5, 5.41) is 14.8. The molecule has 3 atom stereocenters. The van der Waals surface area contributed by atoms with Crippen LogP contribution in [0, 0.1) is 5.92 Å². The maximum atomic E-state index is 12.5. The monoisotopic (exact) mass is 392 g/mol. The van der Waals surface area contributed by atoms with Gasteiger partial charge in [-0.15, -0.1) is 0 Å². The molecule has 1 heterocycles. The van der Waals surface area contributed by atoms with Gasteiger partial charge < -0.3 is 25.2 Å². The molecule has 0 aromatic heterocycles. The summed E-state index contributed by atoms with van der Waals surface area (Å²) in [5.41, 5.74) is 0.978. The van der Waals surface area contributed by atoms with Gasteiger partial charge in [0.05, 0.1) is 6.61 Å². The zero-order valence-electron chi connectivity index (χ0n) is 16.4. The van der Waals surface area contributed by atoms with Crippen LogP contribution in [0.2, 0.25) is 0 Å². The number of rotatable bonds is 10. The van der Waals surface area contributed by atoms with Crippen molar-refractivity contribution in [1.29, 1.82) is 0 Å². The maximum absolute atomic E-state index is 12.5. The number of phenolic OH excluding ortho intramolecular Hbond substituents is 1. The largest absolute Gasteiger partial charge is 0.508 e. The van der Waals surface area contributed by atoms with Gasteiger partial charge in [0.2, 0.25) is 5.91 Å². The van der Waals surface area contributed by atoms with Crippen LogP contribution in [-0.2, 0) is 30.3 Å². The predicted molar refractivity (Wildman–Crippen MR) is 102 cm³/mol. The fourth-order valence-electron chi connectivity index (χ4n) is 2.79. The van der Waals surface area contributed by atoms with Crippen LogP contribution in [0.3, 0.4) is 0 Å². The Morgan fingerprint density at radius 1 is 1.18 bits per heavy atom. The highest BCUT2D eigenvalue weighted by Gasteiger charge is 2.52. The summed E-state index contributed by atoms with van der Waals surface area (Å²) in [6, 6.07) is 6.05. The Morgan fingerprint density at radius 2 is 1.86 bits per heavy atom. The molecule has 1 aromatic rings. The van der Waals surface area contributed by atoms with E-state index in [0.29, 0.717) is 19.4 Å². The maximum Gasteiger partial charge on any atom is 0.338 e. The lowest BCUT2D eigenvalue weighted by Gasteiger charge is -2.20. The van der Waals surface area contributed by atoms with Crippen molar-refractivity contribution in [2.45, 2.75) is 51.9 Å². The normalized spacial score (nSPS) is 19.0. The van der Waals surface area contributed by atoms with Crippen LogP contribution in [0.4, 0.5) is 0 Å². The molecule has 8 nitrogen and oxygen atoms in total. The molecular formula is C20H28N2O6. The molecule has 3 N–H and O–H groups in total. The molecule has 1 fully saturated rings. The van der Waals surface area contributed by atoms with Gasteiger partial charge in [-0.25, -0.2) is 4.79 Å². The number of aromatic hydroxyl groups is 1. The van der Waals surface area contributed by atoms with Crippen molar-refractivity contribution in [1.82, 2.24) is 10.6 Å². The molecule has 1 aliphatic rings. The summed E-state index contributed by atoms with van der Waals surface area (Å²) < 4.78 is 9.92. The van der Waals surface area contributed by atoms with Crippen molar-refractivity contribution in [3.63, 3.8) is 0 Å². The van der Waals surface area contributed by atoms with E-state index < -0.39 is 30.1 Å². The number of carbonyl (C=O) groups excluding carboxylic acids is 3. The minimum atomic E-state index is -0.904. The molecular weight excluding hydrogens is 364 g/mol. The van der Waals surface area contributed by atoms with Crippen LogP contribution in [0.1, 0.15) is 32.8 Å². The first kappa shape index (κ1) is 21.7. The van der Waals surface area contributed by atoms with E-state index in [1.165, 1.54) is 0 Å². The van der Waals surface area contributed by atoms with E-state index in [1.54, 1.807) is 31.2 Å². The Balaban J connectivity index is 1.84. The molecule has 1 saturated heterocycles. The minimum Gasteiger partial charge on any atom is -0.508 e. The predicted octanol–water partition coefficient (Wildman–Crippen LogP) is 0.912. The summed E-state index contributed by atoms with van der Waals surface area (Å²) in [7, 11) is 0. The van der Waals surface area contributed by atoms with Crippen LogP contribution < -0.4 is 10.6 Å². The minimum absolute atomic E-state index is 0.189. The highest BCUT2D eigenvalue weighted by Crippen LogP contribution is 2.24. The van der Waals surface area contributed by atoms with Crippen molar-refractivity contribution >= 4 is 17.8 Å². The van der Waals surface area contributed by atoms with Crippen molar-refractivity contribution in [2.24, 2.45) is 5.92 Å². The van der Waals surface area contributed by atoms with Gasteiger partial charge in [0.1, 0.15) is 11.8 Å². The van der Waals surface area contributed by atoms with Gasteiger partial charge in [-0.3, -0.25) is 9.59 Å². The van der Waals surface area contributed by atoms with Crippen LogP contribution in [0.15, 0.2) is 24.3 Å². The summed E-state index contributed by atoms with van der Waals surface area (Å²) in [5.74, 6) is -0.960. The topological polar surface area (TPSA) is 117 Å².